The third kappa shape index (κ3) is 3.35. The molecule has 0 aliphatic carbocycles. The van der Waals surface area contributed by atoms with E-state index in [2.05, 4.69) is 5.32 Å². The fraction of sp³-hybridized carbons (Fsp3) is 0. The highest BCUT2D eigenvalue weighted by molar-refractivity contribution is 6.69. The standard InChI is InChI=1S/C14H7Cl3FNO2/c15-8-4-2-5-9(18)11(8)14(21)19-10-6-1-3-7(12(10)16)13(17)20/h1-6H,(H,19,21). The lowest BCUT2D eigenvalue weighted by Crippen LogP contribution is -2.15. The number of benzene rings is 2. The lowest BCUT2D eigenvalue weighted by atomic mass is 10.1. The van der Waals surface area contributed by atoms with Crippen molar-refractivity contribution in [1.29, 1.82) is 0 Å². The van der Waals surface area contributed by atoms with Crippen molar-refractivity contribution in [1.82, 2.24) is 0 Å². The first-order chi connectivity index (χ1) is 9.91. The van der Waals surface area contributed by atoms with Gasteiger partial charge in [-0.15, -0.1) is 0 Å². The first-order valence-corrected chi connectivity index (χ1v) is 6.79. The first kappa shape index (κ1) is 15.8. The van der Waals surface area contributed by atoms with Gasteiger partial charge >= 0.3 is 0 Å². The van der Waals surface area contributed by atoms with Gasteiger partial charge in [0.1, 0.15) is 5.82 Å². The number of carbonyl (C=O) groups excluding carboxylic acids is 2. The Kier molecular flexibility index (Phi) is 4.83. The number of anilines is 1. The zero-order valence-electron chi connectivity index (χ0n) is 10.3. The zero-order chi connectivity index (χ0) is 15.6. The van der Waals surface area contributed by atoms with Crippen LogP contribution in [0, 0.1) is 5.82 Å². The van der Waals surface area contributed by atoms with E-state index in [-0.39, 0.29) is 26.9 Å². The van der Waals surface area contributed by atoms with E-state index >= 15 is 0 Å². The number of hydrogen-bond acceptors (Lipinski definition) is 2. The van der Waals surface area contributed by atoms with Crippen LogP contribution in [0.15, 0.2) is 36.4 Å². The Morgan fingerprint density at radius 2 is 1.71 bits per heavy atom. The molecule has 108 valence electrons. The molecule has 2 rings (SSSR count). The van der Waals surface area contributed by atoms with Gasteiger partial charge in [-0.05, 0) is 35.9 Å². The van der Waals surface area contributed by atoms with Crippen LogP contribution < -0.4 is 5.32 Å². The van der Waals surface area contributed by atoms with Gasteiger partial charge in [0.2, 0.25) is 0 Å². The first-order valence-electron chi connectivity index (χ1n) is 5.65. The van der Waals surface area contributed by atoms with Crippen molar-refractivity contribution in [3.05, 3.63) is 63.4 Å². The summed E-state index contributed by atoms with van der Waals surface area (Å²) in [6.07, 6.45) is 0. The third-order valence-electron chi connectivity index (χ3n) is 2.65. The zero-order valence-corrected chi connectivity index (χ0v) is 12.6. The molecule has 2 aromatic rings. The van der Waals surface area contributed by atoms with E-state index < -0.39 is 17.0 Å². The molecule has 0 saturated carbocycles. The lowest BCUT2D eigenvalue weighted by Gasteiger charge is -2.10. The Labute approximate surface area is 134 Å². The molecule has 2 aromatic carbocycles. The third-order valence-corrected chi connectivity index (χ3v) is 3.57. The summed E-state index contributed by atoms with van der Waals surface area (Å²) in [7, 11) is 0. The highest BCUT2D eigenvalue weighted by atomic mass is 35.5. The van der Waals surface area contributed by atoms with Crippen LogP contribution in [0.25, 0.3) is 0 Å². The maximum atomic E-state index is 13.7. The summed E-state index contributed by atoms with van der Waals surface area (Å²) in [4.78, 5) is 23.2. The highest BCUT2D eigenvalue weighted by Gasteiger charge is 2.18. The second-order valence-electron chi connectivity index (χ2n) is 3.99. The summed E-state index contributed by atoms with van der Waals surface area (Å²) in [5.41, 5.74) is -0.138. The van der Waals surface area contributed by atoms with Gasteiger partial charge < -0.3 is 5.32 Å². The molecule has 0 heterocycles. The molecule has 0 atom stereocenters. The largest absolute Gasteiger partial charge is 0.320 e. The van der Waals surface area contributed by atoms with Gasteiger partial charge in [-0.3, -0.25) is 9.59 Å². The number of halogens is 4. The van der Waals surface area contributed by atoms with E-state index in [1.807, 2.05) is 0 Å². The molecule has 0 unspecified atom stereocenters. The molecule has 0 aliphatic rings. The monoisotopic (exact) mass is 345 g/mol. The van der Waals surface area contributed by atoms with Gasteiger partial charge in [0, 0.05) is 0 Å². The fourth-order valence-electron chi connectivity index (χ4n) is 1.68. The van der Waals surface area contributed by atoms with Gasteiger partial charge in [-0.2, -0.15) is 0 Å². The Morgan fingerprint density at radius 1 is 1.05 bits per heavy atom. The maximum Gasteiger partial charge on any atom is 0.260 e. The summed E-state index contributed by atoms with van der Waals surface area (Å²) in [6.45, 7) is 0. The van der Waals surface area contributed by atoms with Crippen LogP contribution in [-0.4, -0.2) is 11.1 Å². The minimum Gasteiger partial charge on any atom is -0.320 e. The molecule has 1 N–H and O–H groups in total. The summed E-state index contributed by atoms with van der Waals surface area (Å²) < 4.78 is 13.7. The number of rotatable bonds is 3. The Morgan fingerprint density at radius 3 is 2.33 bits per heavy atom. The molecule has 21 heavy (non-hydrogen) atoms. The number of nitrogens with one attached hydrogen (secondary N) is 1. The second-order valence-corrected chi connectivity index (χ2v) is 5.12. The van der Waals surface area contributed by atoms with E-state index in [0.717, 1.165) is 6.07 Å². The summed E-state index contributed by atoms with van der Waals surface area (Å²) in [6, 6.07) is 8.23. The summed E-state index contributed by atoms with van der Waals surface area (Å²) >= 11 is 17.1. The van der Waals surface area contributed by atoms with Crippen molar-refractivity contribution in [2.75, 3.05) is 5.32 Å². The summed E-state index contributed by atoms with van der Waals surface area (Å²) in [5, 5.41) is 1.57. The number of amides is 1. The van der Waals surface area contributed by atoms with Crippen molar-refractivity contribution in [3.63, 3.8) is 0 Å². The van der Waals surface area contributed by atoms with Crippen molar-refractivity contribution >= 4 is 51.6 Å². The minimum absolute atomic E-state index is 0.0293. The van der Waals surface area contributed by atoms with Crippen LogP contribution >= 0.6 is 34.8 Å². The number of carbonyl (C=O) groups is 2. The van der Waals surface area contributed by atoms with E-state index in [4.69, 9.17) is 34.8 Å². The average molecular weight is 347 g/mol. The number of hydrogen-bond donors (Lipinski definition) is 1. The normalized spacial score (nSPS) is 10.3. The second kappa shape index (κ2) is 6.43. The van der Waals surface area contributed by atoms with Gasteiger partial charge in [0.25, 0.3) is 11.1 Å². The molecule has 0 aromatic heterocycles. The molecular formula is C14H7Cl3FNO2. The Hall–Kier alpha value is -1.62. The van der Waals surface area contributed by atoms with Gasteiger partial charge in [-0.25, -0.2) is 4.39 Å². The SMILES string of the molecule is O=C(Cl)c1cccc(NC(=O)c2c(F)cccc2Cl)c1Cl. The molecule has 0 bridgehead atoms. The van der Waals surface area contributed by atoms with Gasteiger partial charge in [0.15, 0.2) is 0 Å². The van der Waals surface area contributed by atoms with E-state index in [1.54, 1.807) is 0 Å². The van der Waals surface area contributed by atoms with Crippen molar-refractivity contribution in [2.45, 2.75) is 0 Å². The fourth-order valence-corrected chi connectivity index (χ4v) is 2.39. The molecule has 1 amide bonds. The Bertz CT molecular complexity index is 714. The van der Waals surface area contributed by atoms with Crippen molar-refractivity contribution in [3.8, 4) is 0 Å². The average Bonchev–Trinajstić information content (AvgIpc) is 2.40. The molecule has 0 aliphatic heterocycles. The van der Waals surface area contributed by atoms with Crippen LogP contribution in [0.2, 0.25) is 10.0 Å². The lowest BCUT2D eigenvalue weighted by molar-refractivity contribution is 0.102. The smallest absolute Gasteiger partial charge is 0.260 e. The van der Waals surface area contributed by atoms with Crippen LogP contribution in [0.4, 0.5) is 10.1 Å². The van der Waals surface area contributed by atoms with Crippen LogP contribution in [-0.2, 0) is 0 Å². The van der Waals surface area contributed by atoms with Crippen molar-refractivity contribution < 1.29 is 14.0 Å². The Balaban J connectivity index is 2.37. The predicted molar refractivity (Wildman–Crippen MR) is 81.0 cm³/mol. The van der Waals surface area contributed by atoms with Gasteiger partial charge in [0.05, 0.1) is 26.9 Å². The molecular weight excluding hydrogens is 340 g/mol. The molecule has 0 fully saturated rings. The van der Waals surface area contributed by atoms with Crippen LogP contribution in [0.1, 0.15) is 20.7 Å². The quantitative estimate of drug-likeness (QED) is 0.814. The van der Waals surface area contributed by atoms with Gasteiger partial charge in [-0.1, -0.05) is 35.3 Å². The molecule has 0 radical (unpaired) electrons. The molecule has 3 nitrogen and oxygen atoms in total. The highest BCUT2D eigenvalue weighted by Crippen LogP contribution is 2.28. The van der Waals surface area contributed by atoms with Crippen LogP contribution in [0.3, 0.4) is 0 Å². The molecule has 7 heteroatoms. The maximum absolute atomic E-state index is 13.7. The van der Waals surface area contributed by atoms with Crippen molar-refractivity contribution in [2.24, 2.45) is 0 Å². The topological polar surface area (TPSA) is 46.2 Å². The minimum atomic E-state index is -0.779. The van der Waals surface area contributed by atoms with E-state index in [9.17, 15) is 14.0 Å². The molecule has 0 spiro atoms. The van der Waals surface area contributed by atoms with E-state index in [0.29, 0.717) is 0 Å². The van der Waals surface area contributed by atoms with E-state index in [1.165, 1.54) is 30.3 Å². The summed E-state index contributed by atoms with van der Waals surface area (Å²) in [5.74, 6) is -1.54. The van der Waals surface area contributed by atoms with Crippen LogP contribution in [0.5, 0.6) is 0 Å². The predicted octanol–water partition coefficient (Wildman–Crippen LogP) is 4.76. The molecule has 0 saturated heterocycles.